The predicted molar refractivity (Wildman–Crippen MR) is 71.3 cm³/mol. The van der Waals surface area contributed by atoms with E-state index in [2.05, 4.69) is 21.2 Å². The number of aromatic nitrogens is 3. The van der Waals surface area contributed by atoms with E-state index in [0.29, 0.717) is 22.4 Å². The quantitative estimate of drug-likeness (QED) is 0.909. The number of hydrogen-bond acceptors (Lipinski definition) is 6. The molecule has 18 heavy (non-hydrogen) atoms. The first-order valence-electron chi connectivity index (χ1n) is 5.48. The molecule has 1 aliphatic heterocycles. The van der Waals surface area contributed by atoms with Crippen LogP contribution >= 0.6 is 23.5 Å². The lowest BCUT2D eigenvalue weighted by molar-refractivity contribution is 0.422. The lowest BCUT2D eigenvalue weighted by Gasteiger charge is -2.16. The molecule has 92 valence electrons. The largest absolute Gasteiger partial charge is 0.356 e. The van der Waals surface area contributed by atoms with Crippen LogP contribution in [0.3, 0.4) is 0 Å². The minimum atomic E-state index is 0.312. The molecule has 1 saturated heterocycles. The maximum atomic E-state index is 8.76. The van der Waals surface area contributed by atoms with Crippen molar-refractivity contribution in [2.75, 3.05) is 17.3 Å². The van der Waals surface area contributed by atoms with E-state index in [0.717, 1.165) is 17.3 Å². The van der Waals surface area contributed by atoms with Gasteiger partial charge < -0.3 is 9.51 Å². The molecule has 7 heteroatoms. The lowest BCUT2D eigenvalue weighted by atomic mass is 10.3. The van der Waals surface area contributed by atoms with E-state index in [4.69, 9.17) is 9.78 Å². The van der Waals surface area contributed by atoms with Crippen LogP contribution in [0.5, 0.6) is 0 Å². The summed E-state index contributed by atoms with van der Waals surface area (Å²) in [5.74, 6) is 4.53. The second-order valence-corrected chi connectivity index (χ2v) is 6.27. The fourth-order valence-electron chi connectivity index (χ4n) is 1.69. The summed E-state index contributed by atoms with van der Waals surface area (Å²) < 4.78 is 5.24. The van der Waals surface area contributed by atoms with E-state index in [1.54, 1.807) is 12.3 Å². The van der Waals surface area contributed by atoms with Gasteiger partial charge in [0.05, 0.1) is 10.8 Å². The molecular formula is C11H10N4OS2. The first-order valence-corrected chi connectivity index (χ1v) is 7.69. The standard InChI is InChI=1S/C11H10N4OS2/c12-4-7-3-8(13-5-7)11-14-10(15-16-11)9-6-17-1-2-18-9/h3,5,9,13H,1-2,6H2. The van der Waals surface area contributed by atoms with Crippen LogP contribution in [0.4, 0.5) is 0 Å². The van der Waals surface area contributed by atoms with Gasteiger partial charge in [0.15, 0.2) is 5.82 Å². The molecule has 0 radical (unpaired) electrons. The van der Waals surface area contributed by atoms with Crippen LogP contribution in [0.1, 0.15) is 16.6 Å². The van der Waals surface area contributed by atoms with Crippen molar-refractivity contribution in [2.45, 2.75) is 5.25 Å². The molecule has 0 amide bonds. The van der Waals surface area contributed by atoms with E-state index in [1.165, 1.54) is 5.75 Å². The van der Waals surface area contributed by atoms with Crippen LogP contribution in [0.2, 0.25) is 0 Å². The van der Waals surface area contributed by atoms with Gasteiger partial charge in [-0.25, -0.2) is 0 Å². The summed E-state index contributed by atoms with van der Waals surface area (Å²) in [4.78, 5) is 7.36. The molecule has 1 aliphatic rings. The van der Waals surface area contributed by atoms with Crippen molar-refractivity contribution < 1.29 is 4.52 Å². The molecule has 1 fully saturated rings. The minimum Gasteiger partial charge on any atom is -0.356 e. The summed E-state index contributed by atoms with van der Waals surface area (Å²) in [6.45, 7) is 0. The van der Waals surface area contributed by atoms with Gasteiger partial charge in [0.2, 0.25) is 0 Å². The molecule has 2 aromatic rings. The number of nitriles is 1. The van der Waals surface area contributed by atoms with E-state index >= 15 is 0 Å². The molecule has 1 N–H and O–H groups in total. The zero-order valence-corrected chi connectivity index (χ0v) is 11.1. The third-order valence-electron chi connectivity index (χ3n) is 2.59. The highest BCUT2D eigenvalue weighted by Crippen LogP contribution is 2.35. The number of nitrogens with one attached hydrogen (secondary N) is 1. The average molecular weight is 278 g/mol. The number of aromatic amines is 1. The molecule has 3 heterocycles. The molecule has 0 aliphatic carbocycles. The third-order valence-corrected chi connectivity index (χ3v) is 5.34. The first-order chi connectivity index (χ1) is 8.86. The lowest BCUT2D eigenvalue weighted by Crippen LogP contribution is -2.07. The monoisotopic (exact) mass is 278 g/mol. The first kappa shape index (κ1) is 11.7. The number of rotatable bonds is 2. The Hall–Kier alpha value is -1.39. The number of hydrogen-bond donors (Lipinski definition) is 1. The van der Waals surface area contributed by atoms with E-state index in [9.17, 15) is 0 Å². The highest BCUT2D eigenvalue weighted by atomic mass is 32.2. The summed E-state index contributed by atoms with van der Waals surface area (Å²) in [6.07, 6.45) is 1.63. The summed E-state index contributed by atoms with van der Waals surface area (Å²) in [5, 5.41) is 13.1. The van der Waals surface area contributed by atoms with Crippen molar-refractivity contribution in [3.8, 4) is 17.7 Å². The van der Waals surface area contributed by atoms with Crippen molar-refractivity contribution in [2.24, 2.45) is 0 Å². The Morgan fingerprint density at radius 1 is 1.50 bits per heavy atom. The number of nitrogens with zero attached hydrogens (tertiary/aromatic N) is 3. The Balaban J connectivity index is 1.82. The van der Waals surface area contributed by atoms with Gasteiger partial charge in [-0.05, 0) is 6.07 Å². The van der Waals surface area contributed by atoms with E-state index < -0.39 is 0 Å². The van der Waals surface area contributed by atoms with Gasteiger partial charge in [0, 0.05) is 23.5 Å². The maximum Gasteiger partial charge on any atom is 0.274 e. The van der Waals surface area contributed by atoms with Gasteiger partial charge >= 0.3 is 0 Å². The summed E-state index contributed by atoms with van der Waals surface area (Å²) >= 11 is 3.78. The normalized spacial score (nSPS) is 19.6. The van der Waals surface area contributed by atoms with Crippen LogP contribution in [0.15, 0.2) is 16.8 Å². The molecule has 1 unspecified atom stereocenters. The molecule has 2 aromatic heterocycles. The smallest absolute Gasteiger partial charge is 0.274 e. The maximum absolute atomic E-state index is 8.76. The zero-order chi connectivity index (χ0) is 12.4. The van der Waals surface area contributed by atoms with Crippen molar-refractivity contribution in [1.82, 2.24) is 15.1 Å². The molecule has 0 bridgehead atoms. The second kappa shape index (κ2) is 5.08. The zero-order valence-electron chi connectivity index (χ0n) is 9.42. The second-order valence-electron chi connectivity index (χ2n) is 3.81. The third kappa shape index (κ3) is 2.26. The molecule has 3 rings (SSSR count). The molecular weight excluding hydrogens is 268 g/mol. The summed E-state index contributed by atoms with van der Waals surface area (Å²) in [7, 11) is 0. The van der Waals surface area contributed by atoms with Gasteiger partial charge in [-0.15, -0.1) is 11.8 Å². The molecule has 1 atom stereocenters. The van der Waals surface area contributed by atoms with Gasteiger partial charge in [-0.3, -0.25) is 0 Å². The Bertz CT molecular complexity index is 580. The molecule has 0 saturated carbocycles. The minimum absolute atomic E-state index is 0.312. The van der Waals surface area contributed by atoms with Crippen molar-refractivity contribution in [3.63, 3.8) is 0 Å². The van der Waals surface area contributed by atoms with Crippen LogP contribution in [-0.4, -0.2) is 32.4 Å². The summed E-state index contributed by atoms with van der Waals surface area (Å²) in [5.41, 5.74) is 1.26. The number of thioether (sulfide) groups is 2. The number of H-pyrrole nitrogens is 1. The predicted octanol–water partition coefficient (Wildman–Crippen LogP) is 2.46. The van der Waals surface area contributed by atoms with Crippen molar-refractivity contribution in [1.29, 1.82) is 5.26 Å². The van der Waals surface area contributed by atoms with E-state index in [-0.39, 0.29) is 0 Å². The highest BCUT2D eigenvalue weighted by Gasteiger charge is 2.22. The topological polar surface area (TPSA) is 78.5 Å². The van der Waals surface area contributed by atoms with Crippen LogP contribution in [-0.2, 0) is 0 Å². The van der Waals surface area contributed by atoms with Gasteiger partial charge in [-0.2, -0.15) is 22.0 Å². The van der Waals surface area contributed by atoms with Gasteiger partial charge in [0.1, 0.15) is 11.8 Å². The van der Waals surface area contributed by atoms with Crippen LogP contribution in [0, 0.1) is 11.3 Å². The average Bonchev–Trinajstić information content (AvgIpc) is 3.08. The highest BCUT2D eigenvalue weighted by molar-refractivity contribution is 8.06. The van der Waals surface area contributed by atoms with Gasteiger partial charge in [-0.1, -0.05) is 5.16 Å². The molecule has 5 nitrogen and oxygen atoms in total. The molecule has 0 aromatic carbocycles. The van der Waals surface area contributed by atoms with Gasteiger partial charge in [0.25, 0.3) is 5.89 Å². The SMILES string of the molecule is N#Cc1c[nH]c(-c2nc(C3CSCCS3)no2)c1. The Morgan fingerprint density at radius 3 is 3.17 bits per heavy atom. The van der Waals surface area contributed by atoms with Crippen molar-refractivity contribution in [3.05, 3.63) is 23.7 Å². The Kier molecular flexibility index (Phi) is 3.30. The van der Waals surface area contributed by atoms with Crippen LogP contribution < -0.4 is 0 Å². The Labute approximate surface area is 112 Å². The fraction of sp³-hybridized carbons (Fsp3) is 0.364. The van der Waals surface area contributed by atoms with Crippen LogP contribution in [0.25, 0.3) is 11.6 Å². The fourth-order valence-corrected chi connectivity index (χ4v) is 4.28. The van der Waals surface area contributed by atoms with E-state index in [1.807, 2.05) is 23.5 Å². The Morgan fingerprint density at radius 2 is 2.44 bits per heavy atom. The summed E-state index contributed by atoms with van der Waals surface area (Å²) in [6, 6.07) is 3.77. The van der Waals surface area contributed by atoms with Crippen molar-refractivity contribution >= 4 is 23.5 Å². The molecule has 0 spiro atoms.